The summed E-state index contributed by atoms with van der Waals surface area (Å²) in [6.07, 6.45) is 0.958. The van der Waals surface area contributed by atoms with Crippen molar-refractivity contribution in [3.05, 3.63) is 23.8 Å². The Bertz CT molecular complexity index is 626. The van der Waals surface area contributed by atoms with Crippen molar-refractivity contribution in [2.45, 2.75) is 37.6 Å². The minimum Gasteiger partial charge on any atom is -0.326 e. The molecule has 3 N–H and O–H groups in total. The van der Waals surface area contributed by atoms with Gasteiger partial charge in [0.1, 0.15) is 0 Å². The van der Waals surface area contributed by atoms with E-state index in [2.05, 4.69) is 15.4 Å². The van der Waals surface area contributed by atoms with Gasteiger partial charge in [-0.3, -0.25) is 4.79 Å². The van der Waals surface area contributed by atoms with Crippen molar-refractivity contribution in [1.29, 1.82) is 0 Å². The molecule has 21 heavy (non-hydrogen) atoms. The Hall–Kier alpha value is -1.44. The van der Waals surface area contributed by atoms with Crippen LogP contribution in [0.25, 0.3) is 0 Å². The fourth-order valence-electron chi connectivity index (χ4n) is 2.14. The summed E-state index contributed by atoms with van der Waals surface area (Å²) in [5.41, 5.74) is 1.42. The lowest BCUT2D eigenvalue weighted by Gasteiger charge is -2.10. The second kappa shape index (κ2) is 6.55. The lowest BCUT2D eigenvalue weighted by Crippen LogP contribution is -2.29. The monoisotopic (exact) mass is 311 g/mol. The first-order valence-corrected chi connectivity index (χ1v) is 8.52. The molecule has 1 aliphatic heterocycles. The van der Waals surface area contributed by atoms with Crippen LogP contribution in [0.3, 0.4) is 0 Å². The molecule has 0 unspecified atom stereocenters. The van der Waals surface area contributed by atoms with E-state index in [0.717, 1.165) is 18.5 Å². The summed E-state index contributed by atoms with van der Waals surface area (Å²) in [4.78, 5) is 11.5. The van der Waals surface area contributed by atoms with Gasteiger partial charge < -0.3 is 10.6 Å². The zero-order chi connectivity index (χ0) is 15.5. The topological polar surface area (TPSA) is 87.3 Å². The summed E-state index contributed by atoms with van der Waals surface area (Å²) in [5.74, 6) is -0.104. The molecule has 0 saturated carbocycles. The summed E-state index contributed by atoms with van der Waals surface area (Å²) in [7, 11) is -3.52. The molecule has 0 fully saturated rings. The first kappa shape index (κ1) is 15.9. The van der Waals surface area contributed by atoms with Gasteiger partial charge in [0.2, 0.25) is 15.9 Å². The highest BCUT2D eigenvalue weighted by atomic mass is 32.2. The quantitative estimate of drug-likeness (QED) is 0.651. The predicted molar refractivity (Wildman–Crippen MR) is 81.7 cm³/mol. The van der Waals surface area contributed by atoms with Crippen molar-refractivity contribution in [1.82, 2.24) is 10.0 Å². The van der Waals surface area contributed by atoms with Crippen LogP contribution in [0.4, 0.5) is 5.69 Å². The summed E-state index contributed by atoms with van der Waals surface area (Å²) in [6.45, 7) is 5.24. The SMILES string of the molecule is CC(C)NCCCNS(=O)(=O)c1ccc2c(c1)CC(=O)N2. The Morgan fingerprint density at radius 1 is 1.29 bits per heavy atom. The van der Waals surface area contributed by atoms with Gasteiger partial charge in [-0.15, -0.1) is 0 Å². The Balaban J connectivity index is 1.94. The molecule has 1 heterocycles. The third kappa shape index (κ3) is 4.26. The van der Waals surface area contributed by atoms with Crippen LogP contribution in [0.5, 0.6) is 0 Å². The molecule has 0 saturated heterocycles. The van der Waals surface area contributed by atoms with Crippen LogP contribution >= 0.6 is 0 Å². The first-order chi connectivity index (χ1) is 9.88. The van der Waals surface area contributed by atoms with Gasteiger partial charge in [-0.05, 0) is 36.7 Å². The van der Waals surface area contributed by atoms with Crippen molar-refractivity contribution in [3.63, 3.8) is 0 Å². The minimum absolute atomic E-state index is 0.104. The van der Waals surface area contributed by atoms with E-state index >= 15 is 0 Å². The summed E-state index contributed by atoms with van der Waals surface area (Å²) >= 11 is 0. The van der Waals surface area contributed by atoms with Gasteiger partial charge in [0, 0.05) is 18.3 Å². The molecule has 1 amide bonds. The van der Waals surface area contributed by atoms with E-state index in [9.17, 15) is 13.2 Å². The van der Waals surface area contributed by atoms with E-state index in [0.29, 0.717) is 18.3 Å². The van der Waals surface area contributed by atoms with E-state index in [1.165, 1.54) is 6.07 Å². The van der Waals surface area contributed by atoms with Crippen molar-refractivity contribution in [3.8, 4) is 0 Å². The second-order valence-electron chi connectivity index (χ2n) is 5.40. The molecule has 0 aliphatic carbocycles. The molecular weight excluding hydrogens is 290 g/mol. The van der Waals surface area contributed by atoms with E-state index < -0.39 is 10.0 Å². The summed E-state index contributed by atoms with van der Waals surface area (Å²) in [5, 5.41) is 5.91. The van der Waals surface area contributed by atoms with Crippen LogP contribution in [-0.2, 0) is 21.2 Å². The smallest absolute Gasteiger partial charge is 0.240 e. The minimum atomic E-state index is -3.52. The third-order valence-corrected chi connectivity index (χ3v) is 4.67. The molecule has 1 aliphatic rings. The number of amides is 1. The number of fused-ring (bicyclic) bond motifs is 1. The number of anilines is 1. The van der Waals surface area contributed by atoms with Crippen molar-refractivity contribution < 1.29 is 13.2 Å². The van der Waals surface area contributed by atoms with Gasteiger partial charge in [0.25, 0.3) is 0 Å². The van der Waals surface area contributed by atoms with Crippen LogP contribution in [0.2, 0.25) is 0 Å². The molecule has 2 rings (SSSR count). The molecule has 0 aromatic heterocycles. The van der Waals surface area contributed by atoms with Crippen LogP contribution < -0.4 is 15.4 Å². The molecule has 116 valence electrons. The third-order valence-electron chi connectivity index (χ3n) is 3.21. The molecule has 1 aromatic rings. The molecule has 0 bridgehead atoms. The fraction of sp³-hybridized carbons (Fsp3) is 0.500. The zero-order valence-corrected chi connectivity index (χ0v) is 13.1. The van der Waals surface area contributed by atoms with E-state index in [1.807, 2.05) is 13.8 Å². The fourth-order valence-corrected chi connectivity index (χ4v) is 3.27. The highest BCUT2D eigenvalue weighted by Crippen LogP contribution is 2.25. The number of carbonyl (C=O) groups excluding carboxylic acids is 1. The normalized spacial score (nSPS) is 14.3. The first-order valence-electron chi connectivity index (χ1n) is 7.04. The molecule has 7 heteroatoms. The van der Waals surface area contributed by atoms with Crippen LogP contribution in [-0.4, -0.2) is 33.5 Å². The molecule has 0 radical (unpaired) electrons. The van der Waals surface area contributed by atoms with Crippen molar-refractivity contribution in [2.24, 2.45) is 0 Å². The number of hydrogen-bond donors (Lipinski definition) is 3. The van der Waals surface area contributed by atoms with Crippen LogP contribution in [0.1, 0.15) is 25.8 Å². The van der Waals surface area contributed by atoms with Crippen molar-refractivity contribution in [2.75, 3.05) is 18.4 Å². The van der Waals surface area contributed by atoms with E-state index in [1.54, 1.807) is 12.1 Å². The number of sulfonamides is 1. The molecule has 0 spiro atoms. The number of rotatable bonds is 7. The van der Waals surface area contributed by atoms with Crippen LogP contribution in [0, 0.1) is 0 Å². The Labute approximate surface area is 125 Å². The lowest BCUT2D eigenvalue weighted by atomic mass is 10.2. The maximum Gasteiger partial charge on any atom is 0.240 e. The van der Waals surface area contributed by atoms with Gasteiger partial charge in [-0.1, -0.05) is 13.8 Å². The van der Waals surface area contributed by atoms with Gasteiger partial charge >= 0.3 is 0 Å². The Morgan fingerprint density at radius 2 is 2.05 bits per heavy atom. The molecule has 1 aromatic carbocycles. The number of benzene rings is 1. The zero-order valence-electron chi connectivity index (χ0n) is 12.3. The van der Waals surface area contributed by atoms with Crippen LogP contribution in [0.15, 0.2) is 23.1 Å². The second-order valence-corrected chi connectivity index (χ2v) is 7.17. The highest BCUT2D eigenvalue weighted by Gasteiger charge is 2.21. The van der Waals surface area contributed by atoms with Gasteiger partial charge in [-0.2, -0.15) is 0 Å². The highest BCUT2D eigenvalue weighted by molar-refractivity contribution is 7.89. The predicted octanol–water partition coefficient (Wildman–Crippen LogP) is 0.848. The summed E-state index contributed by atoms with van der Waals surface area (Å²) < 4.78 is 26.9. The standard InChI is InChI=1S/C14H21N3O3S/c1-10(2)15-6-3-7-16-21(19,20)12-4-5-13-11(8-12)9-14(18)17-13/h4-5,8,10,15-16H,3,6-7,9H2,1-2H3,(H,17,18). The molecular formula is C14H21N3O3S. The van der Waals surface area contributed by atoms with E-state index in [-0.39, 0.29) is 17.2 Å². The largest absolute Gasteiger partial charge is 0.326 e. The maximum atomic E-state index is 12.2. The average molecular weight is 311 g/mol. The number of nitrogens with one attached hydrogen (secondary N) is 3. The molecule has 6 nitrogen and oxygen atoms in total. The maximum absolute atomic E-state index is 12.2. The van der Waals surface area contributed by atoms with Gasteiger partial charge in [0.15, 0.2) is 0 Å². The van der Waals surface area contributed by atoms with E-state index in [4.69, 9.17) is 0 Å². The van der Waals surface area contributed by atoms with Gasteiger partial charge in [0.05, 0.1) is 11.3 Å². The number of hydrogen-bond acceptors (Lipinski definition) is 4. The van der Waals surface area contributed by atoms with Crippen molar-refractivity contribution >= 4 is 21.6 Å². The average Bonchev–Trinajstić information content (AvgIpc) is 2.76. The lowest BCUT2D eigenvalue weighted by molar-refractivity contribution is -0.115. The molecule has 0 atom stereocenters. The Morgan fingerprint density at radius 3 is 2.76 bits per heavy atom. The Kier molecular flexibility index (Phi) is 4.97. The number of carbonyl (C=O) groups is 1. The van der Waals surface area contributed by atoms with Gasteiger partial charge in [-0.25, -0.2) is 13.1 Å². The summed E-state index contributed by atoms with van der Waals surface area (Å²) in [6, 6.07) is 5.10.